The third-order valence-corrected chi connectivity index (χ3v) is 0. The van der Waals surface area contributed by atoms with Crippen molar-refractivity contribution in [1.82, 2.24) is 0 Å². The normalized spacial score (nSPS) is 11.8. The molecule has 0 spiro atoms. The summed E-state index contributed by atoms with van der Waals surface area (Å²) in [6.07, 6.45) is 0. The zero-order valence-corrected chi connectivity index (χ0v) is 4.67. The monoisotopic (exact) mass is 186 g/mol. The maximum absolute atomic E-state index is 8.75. The van der Waals surface area contributed by atoms with E-state index in [0.29, 0.717) is 0 Å². The van der Waals surface area contributed by atoms with Crippen LogP contribution in [0.25, 0.3) is 0 Å². The summed E-state index contributed by atoms with van der Waals surface area (Å²) in [7, 11) is 0. The summed E-state index contributed by atoms with van der Waals surface area (Å²) in [5, 5.41) is 0. The average molecular weight is 187 g/mol. The first kappa shape index (κ1) is 5.50. The molecule has 5 heavy (non-hydrogen) atoms. The van der Waals surface area contributed by atoms with Gasteiger partial charge in [0.05, 0.1) is 0 Å². The molecule has 0 radical (unpaired) electrons. The molecule has 32 valence electrons. The minimum absolute atomic E-state index is 5.85. The summed E-state index contributed by atoms with van der Waals surface area (Å²) in [6.45, 7) is 0. The van der Waals surface area contributed by atoms with Crippen LogP contribution in [0.1, 0.15) is 0 Å². The van der Waals surface area contributed by atoms with Gasteiger partial charge in [0, 0.05) is 0 Å². The summed E-state index contributed by atoms with van der Waals surface area (Å²) in [5.74, 6) is 0. The molecule has 0 aliphatic heterocycles. The van der Waals surface area contributed by atoms with Crippen LogP contribution in [-0.2, 0) is 3.02 Å². The second-order valence-electron chi connectivity index (χ2n) is 0.469. The van der Waals surface area contributed by atoms with E-state index in [4.69, 9.17) is 13.2 Å². The Morgan fingerprint density at radius 3 is 1.60 bits per heavy atom. The van der Waals surface area contributed by atoms with Crippen molar-refractivity contribution in [3.05, 3.63) is 0 Å². The van der Waals surface area contributed by atoms with Gasteiger partial charge in [-0.25, -0.2) is 0 Å². The molecule has 0 aliphatic rings. The molecule has 4 nitrogen and oxygen atoms in total. The van der Waals surface area contributed by atoms with Crippen LogP contribution in [0.5, 0.6) is 0 Å². The summed E-state index contributed by atoms with van der Waals surface area (Å²) in [5.41, 5.74) is 0. The van der Waals surface area contributed by atoms with Gasteiger partial charge in [-0.3, -0.25) is 0 Å². The molecular weight excluding hydrogens is 186 g/mol. The van der Waals surface area contributed by atoms with Crippen molar-refractivity contribution in [2.75, 3.05) is 0 Å². The Morgan fingerprint density at radius 1 is 1.60 bits per heavy atom. The molecule has 0 amide bonds. The number of hydrogen-bond donors (Lipinski definition) is 1. The van der Waals surface area contributed by atoms with Gasteiger partial charge in [0.15, 0.2) is 0 Å². The van der Waals surface area contributed by atoms with Crippen LogP contribution in [0.3, 0.4) is 0 Å². The summed E-state index contributed by atoms with van der Waals surface area (Å²) < 4.78 is 33.3. The molecule has 0 fully saturated rings. The molecule has 0 bridgehead atoms. The van der Waals surface area contributed by atoms with Gasteiger partial charge in [0.1, 0.15) is 0 Å². The Hall–Kier alpha value is 0.498. The van der Waals surface area contributed by atoms with Crippen LogP contribution < -0.4 is 6.77 Å². The first-order chi connectivity index (χ1) is 2.00. The molecule has 0 rings (SSSR count). The molecule has 0 aromatic heterocycles. The van der Waals surface area contributed by atoms with Gasteiger partial charge in [0.2, 0.25) is 0 Å². The van der Waals surface area contributed by atoms with Gasteiger partial charge >= 0.3 is 33.2 Å². The first-order valence-corrected chi connectivity index (χ1v) is 5.02. The zero-order chi connectivity index (χ0) is 4.50. The van der Waals surface area contributed by atoms with Crippen molar-refractivity contribution in [2.45, 2.75) is 0 Å². The van der Waals surface area contributed by atoms with Crippen molar-refractivity contribution >= 4 is 20.1 Å². The van der Waals surface area contributed by atoms with E-state index in [2.05, 4.69) is 0 Å². The fraction of sp³-hybridized carbons (Fsp3) is 0. The SMILES string of the molecule is [O]=[Sb]([O-])([O-])[OH]. The molecule has 0 heterocycles. The van der Waals surface area contributed by atoms with Gasteiger partial charge < -0.3 is 0 Å². The number of rotatable bonds is 0. The Morgan fingerprint density at radius 2 is 1.60 bits per heavy atom. The Balaban J connectivity index is 3.47. The molecule has 0 aliphatic carbocycles. The topological polar surface area (TPSA) is 83.4 Å². The second kappa shape index (κ2) is 1.30. The van der Waals surface area contributed by atoms with Crippen LogP contribution in [0.15, 0.2) is 0 Å². The van der Waals surface area contributed by atoms with Crippen molar-refractivity contribution < 1.29 is 13.2 Å². The first-order valence-electron chi connectivity index (χ1n) is 0.748. The van der Waals surface area contributed by atoms with E-state index in [-0.39, 0.29) is 0 Å². The van der Waals surface area contributed by atoms with Gasteiger partial charge in [-0.2, -0.15) is 0 Å². The fourth-order valence-corrected chi connectivity index (χ4v) is 0. The van der Waals surface area contributed by atoms with E-state index in [1.807, 2.05) is 0 Å². The summed E-state index contributed by atoms with van der Waals surface area (Å²) >= 11 is -5.85. The predicted octanol–water partition coefficient (Wildman–Crippen LogP) is -3.43. The molecule has 0 unspecified atom stereocenters. The van der Waals surface area contributed by atoms with E-state index in [9.17, 15) is 0 Å². The van der Waals surface area contributed by atoms with Crippen molar-refractivity contribution in [3.8, 4) is 0 Å². The summed E-state index contributed by atoms with van der Waals surface area (Å²) in [6, 6.07) is 0. The standard InChI is InChI=1S/H2O.3O.Sb/h1H2;;;;/q;;2*-1;+1/p-1. The van der Waals surface area contributed by atoms with Crippen molar-refractivity contribution in [3.63, 3.8) is 0 Å². The van der Waals surface area contributed by atoms with Crippen LogP contribution in [0.2, 0.25) is 0 Å². The average Bonchev–Trinajstić information content (AvgIpc) is 0.722. The van der Waals surface area contributed by atoms with Crippen LogP contribution in [-0.4, -0.2) is 23.4 Å². The minimum atomic E-state index is -5.85. The summed E-state index contributed by atoms with van der Waals surface area (Å²) in [4.78, 5) is 0. The third-order valence-electron chi connectivity index (χ3n) is 0. The third kappa shape index (κ3) is 113. The number of hydrogen-bond acceptors (Lipinski definition) is 3. The van der Waals surface area contributed by atoms with Crippen molar-refractivity contribution in [2.24, 2.45) is 0 Å². The van der Waals surface area contributed by atoms with E-state index < -0.39 is 20.1 Å². The molecule has 1 N–H and O–H groups in total. The van der Waals surface area contributed by atoms with Crippen LogP contribution >= 0.6 is 0 Å². The van der Waals surface area contributed by atoms with Gasteiger partial charge in [-0.1, -0.05) is 0 Å². The molecular formula is HO4Sb-2. The molecule has 0 aromatic rings. The Bertz CT molecular complexity index is 49.8. The van der Waals surface area contributed by atoms with Gasteiger partial charge in [-0.15, -0.1) is 0 Å². The van der Waals surface area contributed by atoms with Gasteiger partial charge in [-0.05, 0) is 0 Å². The Labute approximate surface area is 33.8 Å². The zero-order valence-electron chi connectivity index (χ0n) is 2.12. The van der Waals surface area contributed by atoms with E-state index >= 15 is 0 Å². The predicted molar refractivity (Wildman–Crippen MR) is 8.66 cm³/mol. The molecule has 0 saturated carbocycles. The quantitative estimate of drug-likeness (QED) is 0.400. The van der Waals surface area contributed by atoms with Gasteiger partial charge in [0.25, 0.3) is 0 Å². The Kier molecular flexibility index (Phi) is 1.43. The molecule has 0 atom stereocenters. The van der Waals surface area contributed by atoms with Crippen LogP contribution in [0, 0.1) is 0 Å². The molecule has 0 saturated heterocycles. The van der Waals surface area contributed by atoms with E-state index in [1.54, 1.807) is 0 Å². The van der Waals surface area contributed by atoms with E-state index in [0.717, 1.165) is 0 Å². The van der Waals surface area contributed by atoms with Crippen LogP contribution in [0.4, 0.5) is 0 Å². The second-order valence-corrected chi connectivity index (χ2v) is 3.14. The van der Waals surface area contributed by atoms with E-state index in [1.165, 1.54) is 0 Å². The van der Waals surface area contributed by atoms with Crippen molar-refractivity contribution in [1.29, 1.82) is 0 Å². The fourth-order valence-electron chi connectivity index (χ4n) is 0. The maximum atomic E-state index is 8.75. The molecule has 0 aromatic carbocycles. The molecule has 5 heteroatoms.